The molecule has 0 bridgehead atoms. The molecule has 0 spiro atoms. The molecule has 1 heterocycles. The normalized spacial score (nSPS) is 10.4. The van der Waals surface area contributed by atoms with Crippen molar-refractivity contribution in [3.05, 3.63) is 35.5 Å². The van der Waals surface area contributed by atoms with E-state index in [0.29, 0.717) is 22.3 Å². The first-order chi connectivity index (χ1) is 10.1. The summed E-state index contributed by atoms with van der Waals surface area (Å²) in [6.45, 7) is -0.303. The number of halogens is 1. The van der Waals surface area contributed by atoms with E-state index >= 15 is 0 Å². The van der Waals surface area contributed by atoms with Crippen LogP contribution in [0.4, 0.5) is 11.8 Å². The van der Waals surface area contributed by atoms with E-state index in [4.69, 9.17) is 27.2 Å². The summed E-state index contributed by atoms with van der Waals surface area (Å²) in [7, 11) is 0. The van der Waals surface area contributed by atoms with E-state index in [1.54, 1.807) is 24.3 Å². The van der Waals surface area contributed by atoms with E-state index in [1.807, 2.05) is 0 Å². The summed E-state index contributed by atoms with van der Waals surface area (Å²) in [5.74, 6) is 1.20. The average molecular weight is 311 g/mol. The minimum Gasteiger partial charge on any atom is -0.452 e. The number of aliphatic hydroxyl groups excluding tert-OH is 2. The van der Waals surface area contributed by atoms with Crippen molar-refractivity contribution in [2.75, 3.05) is 30.5 Å². The number of hydrogen-bond acceptors (Lipinski definition) is 7. The van der Waals surface area contributed by atoms with Gasteiger partial charge in [-0.25, -0.2) is 4.98 Å². The maximum Gasteiger partial charge on any atom is 0.222 e. The Morgan fingerprint density at radius 2 is 1.95 bits per heavy atom. The highest BCUT2D eigenvalue weighted by Crippen LogP contribution is 2.30. The molecule has 0 unspecified atom stereocenters. The van der Waals surface area contributed by atoms with E-state index in [-0.39, 0.29) is 25.8 Å². The Labute approximate surface area is 126 Å². The summed E-state index contributed by atoms with van der Waals surface area (Å²) >= 11 is 5.82. The molecule has 0 fully saturated rings. The second-order valence-electron chi connectivity index (χ2n) is 4.10. The predicted molar refractivity (Wildman–Crippen MR) is 79.5 cm³/mol. The lowest BCUT2D eigenvalue weighted by molar-refractivity contribution is 0.256. The average Bonchev–Trinajstić information content (AvgIpc) is 2.49. The Morgan fingerprint density at radius 1 is 1.24 bits per heavy atom. The van der Waals surface area contributed by atoms with Crippen LogP contribution in [0.1, 0.15) is 0 Å². The van der Waals surface area contributed by atoms with Gasteiger partial charge >= 0.3 is 0 Å². The number of anilines is 2. The van der Waals surface area contributed by atoms with Crippen LogP contribution in [-0.2, 0) is 0 Å². The number of rotatable bonds is 6. The second kappa shape index (κ2) is 7.07. The van der Waals surface area contributed by atoms with E-state index in [9.17, 15) is 5.11 Å². The Balaban J connectivity index is 2.31. The van der Waals surface area contributed by atoms with Gasteiger partial charge in [-0.2, -0.15) is 4.98 Å². The van der Waals surface area contributed by atoms with Crippen LogP contribution in [0.2, 0.25) is 5.02 Å². The zero-order valence-electron chi connectivity index (χ0n) is 11.1. The molecule has 8 heteroatoms. The Kier molecular flexibility index (Phi) is 5.15. The van der Waals surface area contributed by atoms with Gasteiger partial charge in [0.05, 0.1) is 12.8 Å². The number of ether oxygens (including phenoxy) is 1. The molecule has 0 atom stereocenters. The number of nitrogens with zero attached hydrogens (tertiary/aromatic N) is 3. The first-order valence-corrected chi connectivity index (χ1v) is 6.54. The number of aromatic nitrogens is 2. The predicted octanol–water partition coefficient (Wildman–Crippen LogP) is 1.25. The third-order valence-electron chi connectivity index (χ3n) is 2.64. The zero-order valence-corrected chi connectivity index (χ0v) is 11.9. The molecule has 21 heavy (non-hydrogen) atoms. The van der Waals surface area contributed by atoms with Crippen LogP contribution in [0, 0.1) is 0 Å². The largest absolute Gasteiger partial charge is 0.452 e. The fraction of sp³-hybridized carbons (Fsp3) is 0.231. The molecular formula is C13H15ClN4O3. The van der Waals surface area contributed by atoms with Crippen molar-refractivity contribution in [1.82, 2.24) is 9.97 Å². The Bertz CT molecular complexity index is 594. The standard InChI is InChI=1S/C13H15ClN4O3/c14-9-1-3-10(4-2-9)21-11-7-16-13(15)17-12(11)18(8-20)5-6-19/h1-4,7,19-20H,5-6,8H2,(H2,15,16,17). The fourth-order valence-electron chi connectivity index (χ4n) is 1.67. The maximum absolute atomic E-state index is 9.37. The second-order valence-corrected chi connectivity index (χ2v) is 4.54. The number of nitrogen functional groups attached to an aromatic ring is 1. The minimum absolute atomic E-state index is 0.0462. The molecule has 0 aliphatic carbocycles. The molecule has 2 aromatic rings. The van der Waals surface area contributed by atoms with Gasteiger partial charge in [0, 0.05) is 11.6 Å². The fourth-order valence-corrected chi connectivity index (χ4v) is 1.79. The molecule has 0 amide bonds. The van der Waals surface area contributed by atoms with Gasteiger partial charge in [0.1, 0.15) is 12.5 Å². The van der Waals surface area contributed by atoms with E-state index < -0.39 is 0 Å². The molecule has 0 radical (unpaired) electrons. The van der Waals surface area contributed by atoms with Crippen LogP contribution in [0.3, 0.4) is 0 Å². The highest BCUT2D eigenvalue weighted by molar-refractivity contribution is 6.30. The Hall–Kier alpha value is -2.09. The molecule has 4 N–H and O–H groups in total. The van der Waals surface area contributed by atoms with Crippen molar-refractivity contribution in [2.45, 2.75) is 0 Å². The van der Waals surface area contributed by atoms with Crippen molar-refractivity contribution in [1.29, 1.82) is 0 Å². The monoisotopic (exact) mass is 310 g/mol. The van der Waals surface area contributed by atoms with E-state index in [0.717, 1.165) is 0 Å². The number of benzene rings is 1. The highest BCUT2D eigenvalue weighted by atomic mass is 35.5. The lowest BCUT2D eigenvalue weighted by Crippen LogP contribution is -2.29. The smallest absolute Gasteiger partial charge is 0.222 e. The van der Waals surface area contributed by atoms with Crippen molar-refractivity contribution in [3.8, 4) is 11.5 Å². The van der Waals surface area contributed by atoms with Crippen molar-refractivity contribution in [3.63, 3.8) is 0 Å². The number of hydrogen-bond donors (Lipinski definition) is 3. The molecule has 7 nitrogen and oxygen atoms in total. The highest BCUT2D eigenvalue weighted by Gasteiger charge is 2.15. The number of nitrogens with two attached hydrogens (primary N) is 1. The Morgan fingerprint density at radius 3 is 2.57 bits per heavy atom. The van der Waals surface area contributed by atoms with Crippen LogP contribution in [-0.4, -0.2) is 40.1 Å². The van der Waals surface area contributed by atoms with E-state index in [2.05, 4.69) is 9.97 Å². The van der Waals surface area contributed by atoms with Gasteiger partial charge in [0.2, 0.25) is 5.95 Å². The topological polar surface area (TPSA) is 105 Å². The molecule has 1 aromatic carbocycles. The summed E-state index contributed by atoms with van der Waals surface area (Å²) in [5.41, 5.74) is 5.56. The van der Waals surface area contributed by atoms with Crippen LogP contribution in [0.5, 0.6) is 11.5 Å². The van der Waals surface area contributed by atoms with Gasteiger partial charge in [-0.05, 0) is 24.3 Å². The number of aliphatic hydroxyl groups is 2. The van der Waals surface area contributed by atoms with Gasteiger partial charge < -0.3 is 25.6 Å². The van der Waals surface area contributed by atoms with Gasteiger partial charge in [-0.1, -0.05) is 11.6 Å². The van der Waals surface area contributed by atoms with Gasteiger partial charge in [0.15, 0.2) is 11.6 Å². The van der Waals surface area contributed by atoms with Crippen LogP contribution < -0.4 is 15.4 Å². The van der Waals surface area contributed by atoms with Gasteiger partial charge in [-0.3, -0.25) is 0 Å². The van der Waals surface area contributed by atoms with Crippen molar-refractivity contribution >= 4 is 23.4 Å². The van der Waals surface area contributed by atoms with Crippen LogP contribution in [0.15, 0.2) is 30.5 Å². The summed E-state index contributed by atoms with van der Waals surface area (Å²) in [4.78, 5) is 9.34. The lowest BCUT2D eigenvalue weighted by Gasteiger charge is -2.22. The summed E-state index contributed by atoms with van der Waals surface area (Å²) in [5, 5.41) is 19.0. The molecule has 0 saturated carbocycles. The first-order valence-electron chi connectivity index (χ1n) is 6.16. The SMILES string of the molecule is Nc1ncc(Oc2ccc(Cl)cc2)c(N(CO)CCO)n1. The van der Waals surface area contributed by atoms with Crippen LogP contribution >= 0.6 is 11.6 Å². The third-order valence-corrected chi connectivity index (χ3v) is 2.89. The van der Waals surface area contributed by atoms with Crippen LogP contribution in [0.25, 0.3) is 0 Å². The van der Waals surface area contributed by atoms with Gasteiger partial charge in [-0.15, -0.1) is 0 Å². The summed E-state index contributed by atoms with van der Waals surface area (Å²) in [6, 6.07) is 6.76. The first kappa shape index (κ1) is 15.3. The molecule has 0 aliphatic rings. The maximum atomic E-state index is 9.37. The van der Waals surface area contributed by atoms with Gasteiger partial charge in [0.25, 0.3) is 0 Å². The molecule has 0 saturated heterocycles. The third kappa shape index (κ3) is 3.94. The summed E-state index contributed by atoms with van der Waals surface area (Å²) < 4.78 is 5.68. The molecule has 1 aromatic heterocycles. The summed E-state index contributed by atoms with van der Waals surface area (Å²) in [6.07, 6.45) is 1.41. The minimum atomic E-state index is -0.339. The van der Waals surface area contributed by atoms with Crippen molar-refractivity contribution in [2.24, 2.45) is 0 Å². The molecular weight excluding hydrogens is 296 g/mol. The molecule has 0 aliphatic heterocycles. The quantitative estimate of drug-likeness (QED) is 0.690. The molecule has 2 rings (SSSR count). The van der Waals surface area contributed by atoms with Crippen molar-refractivity contribution < 1.29 is 14.9 Å². The lowest BCUT2D eigenvalue weighted by atomic mass is 10.3. The molecule has 112 valence electrons. The zero-order chi connectivity index (χ0) is 15.2. The van der Waals surface area contributed by atoms with E-state index in [1.165, 1.54) is 11.1 Å².